The van der Waals surface area contributed by atoms with Crippen LogP contribution in [0.25, 0.3) is 10.9 Å². The molecule has 3 aromatic rings. The molecule has 0 atom stereocenters. The van der Waals surface area contributed by atoms with Gasteiger partial charge in [0.25, 0.3) is 0 Å². The van der Waals surface area contributed by atoms with E-state index in [1.54, 1.807) is 30.3 Å². The fourth-order valence-electron chi connectivity index (χ4n) is 2.18. The summed E-state index contributed by atoms with van der Waals surface area (Å²) in [6, 6.07) is 9.08. The predicted octanol–water partition coefficient (Wildman–Crippen LogP) is 2.63. The van der Waals surface area contributed by atoms with Crippen molar-refractivity contribution in [2.45, 2.75) is 0 Å². The van der Waals surface area contributed by atoms with E-state index in [9.17, 15) is 9.90 Å². The number of phenols is 1. The lowest BCUT2D eigenvalue weighted by molar-refractivity contribution is 0.259. The van der Waals surface area contributed by atoms with Crippen molar-refractivity contribution in [2.24, 2.45) is 5.73 Å². The topological polar surface area (TPSA) is 120 Å². The highest BCUT2D eigenvalue weighted by Gasteiger charge is 2.11. The molecule has 0 aliphatic rings. The number of anilines is 1. The second-order valence-electron chi connectivity index (χ2n) is 4.84. The third-order valence-corrected chi connectivity index (χ3v) is 3.22. The monoisotopic (exact) mass is 326 g/mol. The number of hydrogen-bond acceptors (Lipinski definition) is 6. The lowest BCUT2D eigenvalue weighted by atomic mass is 10.2. The van der Waals surface area contributed by atoms with Gasteiger partial charge in [-0.2, -0.15) is 0 Å². The number of carbonyl (C=O) groups excluding carboxylic acids is 1. The average Bonchev–Trinajstić information content (AvgIpc) is 2.54. The molecule has 0 aliphatic carbocycles. The van der Waals surface area contributed by atoms with Crippen LogP contribution in [-0.4, -0.2) is 28.2 Å². The number of phenolic OH excluding ortho intramolecular Hbond substituents is 1. The number of nitrogens with one attached hydrogen (secondary N) is 1. The number of fused-ring (bicyclic) bond motifs is 1. The van der Waals surface area contributed by atoms with Crippen molar-refractivity contribution in [3.05, 3.63) is 42.7 Å². The Bertz CT molecular complexity index is 914. The van der Waals surface area contributed by atoms with E-state index in [0.29, 0.717) is 22.3 Å². The molecule has 0 aliphatic heterocycles. The Morgan fingerprint density at radius 2 is 2.08 bits per heavy atom. The van der Waals surface area contributed by atoms with Crippen molar-refractivity contribution in [1.29, 1.82) is 0 Å². The molecule has 3 rings (SSSR count). The van der Waals surface area contributed by atoms with Gasteiger partial charge in [-0.3, -0.25) is 0 Å². The van der Waals surface area contributed by atoms with Crippen molar-refractivity contribution < 1.29 is 19.4 Å². The first kappa shape index (κ1) is 15.3. The molecule has 0 radical (unpaired) electrons. The van der Waals surface area contributed by atoms with Crippen LogP contribution >= 0.6 is 0 Å². The van der Waals surface area contributed by atoms with Gasteiger partial charge in [0, 0.05) is 17.8 Å². The minimum Gasteiger partial charge on any atom is -0.504 e. The number of benzene rings is 2. The van der Waals surface area contributed by atoms with Gasteiger partial charge in [0.05, 0.1) is 18.0 Å². The Labute approximate surface area is 136 Å². The van der Waals surface area contributed by atoms with Crippen LogP contribution in [0.2, 0.25) is 0 Å². The van der Waals surface area contributed by atoms with E-state index in [4.69, 9.17) is 15.2 Å². The molecule has 1 heterocycles. The second-order valence-corrected chi connectivity index (χ2v) is 4.84. The maximum atomic E-state index is 10.9. The molecule has 0 bridgehead atoms. The van der Waals surface area contributed by atoms with E-state index in [2.05, 4.69) is 15.3 Å². The summed E-state index contributed by atoms with van der Waals surface area (Å²) in [5.74, 6) is 0.997. The van der Waals surface area contributed by atoms with Gasteiger partial charge in [0.15, 0.2) is 11.5 Å². The Morgan fingerprint density at radius 1 is 1.25 bits per heavy atom. The molecule has 8 nitrogen and oxygen atoms in total. The summed E-state index contributed by atoms with van der Waals surface area (Å²) >= 11 is 0. The molecule has 0 saturated heterocycles. The van der Waals surface area contributed by atoms with Gasteiger partial charge < -0.3 is 25.6 Å². The third-order valence-electron chi connectivity index (χ3n) is 3.22. The van der Waals surface area contributed by atoms with Gasteiger partial charge in [0.2, 0.25) is 5.88 Å². The molecule has 0 unspecified atom stereocenters. The van der Waals surface area contributed by atoms with Gasteiger partial charge >= 0.3 is 6.03 Å². The zero-order valence-corrected chi connectivity index (χ0v) is 12.7. The molecular formula is C16H14N4O4. The van der Waals surface area contributed by atoms with Gasteiger partial charge in [-0.05, 0) is 18.2 Å². The largest absolute Gasteiger partial charge is 0.504 e. The molecule has 2 aromatic carbocycles. The van der Waals surface area contributed by atoms with E-state index < -0.39 is 6.03 Å². The first-order valence-electron chi connectivity index (χ1n) is 6.93. The number of methoxy groups -OCH3 is 1. The first-order chi connectivity index (χ1) is 11.6. The summed E-state index contributed by atoms with van der Waals surface area (Å²) in [5.41, 5.74) is 6.10. The van der Waals surface area contributed by atoms with Gasteiger partial charge in [0.1, 0.15) is 12.1 Å². The highest BCUT2D eigenvalue weighted by molar-refractivity contribution is 5.88. The smallest absolute Gasteiger partial charge is 0.316 e. The quantitative estimate of drug-likeness (QED) is 0.678. The first-order valence-corrected chi connectivity index (χ1v) is 6.93. The summed E-state index contributed by atoms with van der Waals surface area (Å²) in [7, 11) is 1.45. The van der Waals surface area contributed by atoms with Gasteiger partial charge in [-0.15, -0.1) is 0 Å². The van der Waals surface area contributed by atoms with E-state index in [-0.39, 0.29) is 17.4 Å². The number of carbonyl (C=O) groups is 1. The van der Waals surface area contributed by atoms with Crippen molar-refractivity contribution >= 4 is 22.6 Å². The van der Waals surface area contributed by atoms with Crippen molar-refractivity contribution in [3.8, 4) is 23.1 Å². The van der Waals surface area contributed by atoms with Crippen LogP contribution in [0.15, 0.2) is 42.7 Å². The van der Waals surface area contributed by atoms with Gasteiger partial charge in [-0.25, -0.2) is 14.8 Å². The predicted molar refractivity (Wildman–Crippen MR) is 87.5 cm³/mol. The van der Waals surface area contributed by atoms with Crippen LogP contribution < -0.4 is 20.5 Å². The van der Waals surface area contributed by atoms with Crippen LogP contribution in [0.4, 0.5) is 10.5 Å². The summed E-state index contributed by atoms with van der Waals surface area (Å²) in [4.78, 5) is 19.1. The number of urea groups is 1. The SMILES string of the molecule is COc1cc2c(Oc3cccc(NC(N)=O)c3)ncnc2cc1O. The highest BCUT2D eigenvalue weighted by atomic mass is 16.5. The maximum Gasteiger partial charge on any atom is 0.316 e. The second kappa shape index (κ2) is 6.29. The van der Waals surface area contributed by atoms with Crippen LogP contribution in [-0.2, 0) is 0 Å². The minimum atomic E-state index is -0.667. The van der Waals surface area contributed by atoms with Gasteiger partial charge in [-0.1, -0.05) is 6.07 Å². The highest BCUT2D eigenvalue weighted by Crippen LogP contribution is 2.35. The molecule has 4 N–H and O–H groups in total. The standard InChI is InChI=1S/C16H14N4O4/c1-23-14-6-11-12(7-13(14)21)18-8-19-15(11)24-10-4-2-3-9(5-10)20-16(17)22/h2-8,21H,1H3,(H3,17,20,22). The molecule has 1 aromatic heterocycles. The third kappa shape index (κ3) is 3.12. The zero-order chi connectivity index (χ0) is 17.1. The summed E-state index contributed by atoms with van der Waals surface area (Å²) in [6.45, 7) is 0. The lowest BCUT2D eigenvalue weighted by Crippen LogP contribution is -2.19. The van der Waals surface area contributed by atoms with Crippen LogP contribution in [0, 0.1) is 0 Å². The Hall–Kier alpha value is -3.55. The fourth-order valence-corrected chi connectivity index (χ4v) is 2.18. The number of aromatic hydroxyl groups is 1. The lowest BCUT2D eigenvalue weighted by Gasteiger charge is -2.10. The molecule has 122 valence electrons. The number of nitrogens with zero attached hydrogens (tertiary/aromatic N) is 2. The Morgan fingerprint density at radius 3 is 2.83 bits per heavy atom. The van der Waals surface area contributed by atoms with E-state index in [1.807, 2.05) is 0 Å². The van der Waals surface area contributed by atoms with Crippen LogP contribution in [0.5, 0.6) is 23.1 Å². The molecule has 8 heteroatoms. The van der Waals surface area contributed by atoms with Crippen molar-refractivity contribution in [2.75, 3.05) is 12.4 Å². The minimum absolute atomic E-state index is 0.0256. The number of ether oxygens (including phenoxy) is 2. The normalized spacial score (nSPS) is 10.4. The Kier molecular flexibility index (Phi) is 4.02. The average molecular weight is 326 g/mol. The van der Waals surface area contributed by atoms with Crippen LogP contribution in [0.1, 0.15) is 0 Å². The molecule has 0 fully saturated rings. The van der Waals surface area contributed by atoms with Crippen LogP contribution in [0.3, 0.4) is 0 Å². The summed E-state index contributed by atoms with van der Waals surface area (Å²) in [6.07, 6.45) is 1.33. The van der Waals surface area contributed by atoms with E-state index in [1.165, 1.54) is 19.5 Å². The number of aromatic nitrogens is 2. The van der Waals surface area contributed by atoms with Crippen molar-refractivity contribution in [3.63, 3.8) is 0 Å². The number of rotatable bonds is 4. The number of primary amides is 1. The van der Waals surface area contributed by atoms with E-state index >= 15 is 0 Å². The molecule has 2 amide bonds. The number of hydrogen-bond donors (Lipinski definition) is 3. The van der Waals surface area contributed by atoms with Crippen molar-refractivity contribution in [1.82, 2.24) is 9.97 Å². The van der Waals surface area contributed by atoms with E-state index in [0.717, 1.165) is 0 Å². The summed E-state index contributed by atoms with van der Waals surface area (Å²) < 4.78 is 10.9. The Balaban J connectivity index is 1.99. The molecule has 0 spiro atoms. The number of amides is 2. The molecule has 0 saturated carbocycles. The molecule has 24 heavy (non-hydrogen) atoms. The molecular weight excluding hydrogens is 312 g/mol. The maximum absolute atomic E-state index is 10.9. The summed E-state index contributed by atoms with van der Waals surface area (Å²) in [5, 5.41) is 12.9. The zero-order valence-electron chi connectivity index (χ0n) is 12.7. The number of nitrogens with two attached hydrogens (primary N) is 1. The fraction of sp³-hybridized carbons (Fsp3) is 0.0625.